The van der Waals surface area contributed by atoms with Crippen LogP contribution in [-0.2, 0) is 25.4 Å². The molecule has 1 unspecified atom stereocenters. The van der Waals surface area contributed by atoms with E-state index in [0.717, 1.165) is 37.3 Å². The molecule has 1 aliphatic rings. The molecule has 1 aliphatic heterocycles. The van der Waals surface area contributed by atoms with Crippen molar-refractivity contribution in [1.82, 2.24) is 15.0 Å². The van der Waals surface area contributed by atoms with Crippen molar-refractivity contribution in [3.8, 4) is 11.4 Å². The van der Waals surface area contributed by atoms with Crippen molar-refractivity contribution in [1.29, 1.82) is 5.41 Å². The molecule has 1 fully saturated rings. The van der Waals surface area contributed by atoms with Crippen molar-refractivity contribution in [3.05, 3.63) is 70.6 Å². The van der Waals surface area contributed by atoms with Crippen molar-refractivity contribution in [2.45, 2.75) is 64.1 Å². The maximum Gasteiger partial charge on any atom is 0.416 e. The maximum absolute atomic E-state index is 13.9. The second-order valence-electron chi connectivity index (χ2n) is 8.98. The average Bonchev–Trinajstić information content (AvgIpc) is 3.51. The van der Waals surface area contributed by atoms with Crippen LogP contribution in [0.5, 0.6) is 0 Å². The van der Waals surface area contributed by atoms with Crippen molar-refractivity contribution in [2.24, 2.45) is 5.73 Å². The van der Waals surface area contributed by atoms with Gasteiger partial charge in [0.1, 0.15) is 6.04 Å². The maximum atomic E-state index is 13.9. The number of nitrogens with two attached hydrogens (primary N) is 1. The third-order valence-electron chi connectivity index (χ3n) is 6.49. The minimum atomic E-state index is -4.50. The van der Waals surface area contributed by atoms with E-state index in [1.165, 1.54) is 11.6 Å². The van der Waals surface area contributed by atoms with E-state index in [-0.39, 0.29) is 41.3 Å². The molecule has 9 heteroatoms. The second kappa shape index (κ2) is 10.5. The summed E-state index contributed by atoms with van der Waals surface area (Å²) in [6.07, 6.45) is 1.06. The summed E-state index contributed by atoms with van der Waals surface area (Å²) >= 11 is 0. The summed E-state index contributed by atoms with van der Waals surface area (Å²) in [4.78, 5) is 5.98. The van der Waals surface area contributed by atoms with Crippen LogP contribution in [0, 0.1) is 5.41 Å². The Balaban J connectivity index is 1.52. The molecule has 6 nitrogen and oxygen atoms in total. The number of aromatic nitrogens is 2. The van der Waals surface area contributed by atoms with Gasteiger partial charge in [0.15, 0.2) is 5.96 Å². The fraction of sp³-hybridized carbons (Fsp3) is 0.423. The van der Waals surface area contributed by atoms with Gasteiger partial charge >= 0.3 is 6.18 Å². The quantitative estimate of drug-likeness (QED) is 0.306. The number of benzene rings is 2. The Bertz CT molecular complexity index is 1160. The smallest absolute Gasteiger partial charge is 0.370 e. The molecule has 1 aromatic heterocycles. The summed E-state index contributed by atoms with van der Waals surface area (Å²) in [5, 5.41) is 11.6. The minimum Gasteiger partial charge on any atom is -0.370 e. The molecule has 4 rings (SSSR count). The van der Waals surface area contributed by atoms with Gasteiger partial charge in [-0.3, -0.25) is 5.41 Å². The molecule has 0 aliphatic carbocycles. The molecule has 1 saturated heterocycles. The van der Waals surface area contributed by atoms with E-state index in [4.69, 9.17) is 15.7 Å². The van der Waals surface area contributed by atoms with Gasteiger partial charge in [-0.2, -0.15) is 18.2 Å². The number of hydrogen-bond donors (Lipinski definition) is 2. The molecule has 2 heterocycles. The molecule has 3 aromatic rings. The van der Waals surface area contributed by atoms with E-state index in [2.05, 4.69) is 29.2 Å². The van der Waals surface area contributed by atoms with Crippen LogP contribution in [0.4, 0.5) is 13.2 Å². The fourth-order valence-electron chi connectivity index (χ4n) is 4.53. The largest absolute Gasteiger partial charge is 0.416 e. The number of halogens is 3. The minimum absolute atomic E-state index is 0.0911. The predicted molar refractivity (Wildman–Crippen MR) is 128 cm³/mol. The number of nitrogens with zero attached hydrogens (tertiary/aromatic N) is 3. The zero-order chi connectivity index (χ0) is 25.0. The topological polar surface area (TPSA) is 92.0 Å². The molecule has 35 heavy (non-hydrogen) atoms. The lowest BCUT2D eigenvalue weighted by atomic mass is 9.96. The Morgan fingerprint density at radius 3 is 2.49 bits per heavy atom. The van der Waals surface area contributed by atoms with Gasteiger partial charge in [0.05, 0.1) is 5.56 Å². The fourth-order valence-corrected chi connectivity index (χ4v) is 4.53. The van der Waals surface area contributed by atoms with Gasteiger partial charge in [-0.05, 0) is 61.3 Å². The number of likely N-dealkylation sites (tertiary alicyclic amines) is 1. The van der Waals surface area contributed by atoms with Crippen LogP contribution in [0.2, 0.25) is 0 Å². The Labute approximate surface area is 202 Å². The molecule has 0 saturated carbocycles. The summed E-state index contributed by atoms with van der Waals surface area (Å²) in [5.41, 5.74) is 7.67. The number of hydrogen-bond acceptors (Lipinski definition) is 4. The number of nitrogens with one attached hydrogen (secondary N) is 1. The molecule has 1 atom stereocenters. The summed E-state index contributed by atoms with van der Waals surface area (Å²) in [5.74, 6) is 0.259. The number of guanidine groups is 1. The Kier molecular flexibility index (Phi) is 7.42. The Morgan fingerprint density at radius 2 is 1.83 bits per heavy atom. The van der Waals surface area contributed by atoms with Gasteiger partial charge in [0.2, 0.25) is 11.7 Å². The zero-order valence-corrected chi connectivity index (χ0v) is 19.7. The highest BCUT2D eigenvalue weighted by Gasteiger charge is 2.35. The molecule has 0 radical (unpaired) electrons. The Morgan fingerprint density at radius 1 is 1.11 bits per heavy atom. The normalized spacial score (nSPS) is 16.1. The van der Waals surface area contributed by atoms with Crippen molar-refractivity contribution in [2.75, 3.05) is 6.54 Å². The van der Waals surface area contributed by atoms with E-state index < -0.39 is 11.7 Å². The van der Waals surface area contributed by atoms with Crippen LogP contribution in [0.15, 0.2) is 47.0 Å². The van der Waals surface area contributed by atoms with Gasteiger partial charge in [0.25, 0.3) is 0 Å². The molecule has 3 N–H and O–H groups in total. The first kappa shape index (κ1) is 24.8. The SMILES string of the molecule is CCCCc1ccc(CCc2ccc(-c3noc(C4CCCN4C(=N)N)n3)cc2C(F)(F)F)cc1. The zero-order valence-electron chi connectivity index (χ0n) is 19.7. The molecule has 0 spiro atoms. The number of aryl methyl sites for hydroxylation is 3. The van der Waals surface area contributed by atoms with Gasteiger partial charge < -0.3 is 15.2 Å². The van der Waals surface area contributed by atoms with E-state index in [0.29, 0.717) is 19.4 Å². The standard InChI is InChI=1S/C26H30F3N5O/c1-2-3-5-17-7-9-18(10-8-17)11-12-19-13-14-20(16-21(19)26(27,28)29)23-32-24(35-33-23)22-6-4-15-34(22)25(30)31/h7-10,13-14,16,22H,2-6,11-12,15H2,1H3,(H3,30,31). The van der Waals surface area contributed by atoms with Crippen LogP contribution in [0.1, 0.15) is 66.8 Å². The molecule has 0 bridgehead atoms. The van der Waals surface area contributed by atoms with Crippen molar-refractivity contribution in [3.63, 3.8) is 0 Å². The van der Waals surface area contributed by atoms with Crippen molar-refractivity contribution < 1.29 is 17.7 Å². The van der Waals surface area contributed by atoms with Gasteiger partial charge in [-0.15, -0.1) is 0 Å². The summed E-state index contributed by atoms with van der Waals surface area (Å²) in [7, 11) is 0. The lowest BCUT2D eigenvalue weighted by Crippen LogP contribution is -2.35. The third-order valence-corrected chi connectivity index (χ3v) is 6.49. The molecule has 2 aromatic carbocycles. The van der Waals surface area contributed by atoms with Gasteiger partial charge in [0, 0.05) is 12.1 Å². The van der Waals surface area contributed by atoms with Crippen LogP contribution in [-0.4, -0.2) is 27.5 Å². The highest BCUT2D eigenvalue weighted by atomic mass is 19.4. The van der Waals surface area contributed by atoms with Crippen LogP contribution >= 0.6 is 0 Å². The first-order valence-corrected chi connectivity index (χ1v) is 12.0. The van der Waals surface area contributed by atoms with Crippen LogP contribution in [0.25, 0.3) is 11.4 Å². The van der Waals surface area contributed by atoms with Crippen molar-refractivity contribution >= 4 is 5.96 Å². The average molecular weight is 486 g/mol. The first-order valence-electron chi connectivity index (χ1n) is 12.0. The number of unbranched alkanes of at least 4 members (excludes halogenated alkanes) is 1. The van der Waals surface area contributed by atoms with E-state index in [9.17, 15) is 13.2 Å². The number of alkyl halides is 3. The van der Waals surface area contributed by atoms with Crippen LogP contribution < -0.4 is 5.73 Å². The highest BCUT2D eigenvalue weighted by Crippen LogP contribution is 2.36. The lowest BCUT2D eigenvalue weighted by Gasteiger charge is -2.21. The third kappa shape index (κ3) is 5.83. The summed E-state index contributed by atoms with van der Waals surface area (Å²) < 4.78 is 47.1. The summed E-state index contributed by atoms with van der Waals surface area (Å²) in [6.45, 7) is 2.75. The van der Waals surface area contributed by atoms with Crippen LogP contribution in [0.3, 0.4) is 0 Å². The molecule has 186 valence electrons. The van der Waals surface area contributed by atoms with Gasteiger partial charge in [-0.1, -0.05) is 54.9 Å². The second-order valence-corrected chi connectivity index (χ2v) is 8.98. The predicted octanol–water partition coefficient (Wildman–Crippen LogP) is 5.91. The Hall–Kier alpha value is -3.36. The lowest BCUT2D eigenvalue weighted by molar-refractivity contribution is -0.138. The summed E-state index contributed by atoms with van der Waals surface area (Å²) in [6, 6.07) is 12.0. The number of rotatable bonds is 8. The van der Waals surface area contributed by atoms with E-state index >= 15 is 0 Å². The van der Waals surface area contributed by atoms with Gasteiger partial charge in [-0.25, -0.2) is 0 Å². The monoisotopic (exact) mass is 485 g/mol. The highest BCUT2D eigenvalue weighted by molar-refractivity contribution is 5.75. The first-order chi connectivity index (χ1) is 16.8. The van der Waals surface area contributed by atoms with E-state index in [1.807, 2.05) is 12.1 Å². The molecular weight excluding hydrogens is 455 g/mol. The molecule has 0 amide bonds. The van der Waals surface area contributed by atoms with E-state index in [1.54, 1.807) is 11.0 Å². The molecular formula is C26H30F3N5O.